The number of nitrogens with one attached hydrogen (secondary N) is 1. The summed E-state index contributed by atoms with van der Waals surface area (Å²) in [6.07, 6.45) is 2.24. The SMILES string of the molecule is CCOCCCn1c(NC(=O)c2coc(CN)c2)nc2ccccc21.Cl. The van der Waals surface area contributed by atoms with Crippen molar-refractivity contribution in [2.75, 3.05) is 18.5 Å². The van der Waals surface area contributed by atoms with E-state index < -0.39 is 0 Å². The molecule has 0 aliphatic heterocycles. The molecular formula is C18H23ClN4O3. The third kappa shape index (κ3) is 4.43. The van der Waals surface area contributed by atoms with Gasteiger partial charge in [-0.3, -0.25) is 10.1 Å². The smallest absolute Gasteiger partial charge is 0.261 e. The zero-order valence-electron chi connectivity index (χ0n) is 14.6. The highest BCUT2D eigenvalue weighted by Crippen LogP contribution is 2.21. The van der Waals surface area contributed by atoms with Crippen molar-refractivity contribution in [2.45, 2.75) is 26.4 Å². The molecule has 0 bridgehead atoms. The van der Waals surface area contributed by atoms with Gasteiger partial charge in [-0.25, -0.2) is 4.98 Å². The summed E-state index contributed by atoms with van der Waals surface area (Å²) in [4.78, 5) is 17.0. The van der Waals surface area contributed by atoms with Crippen molar-refractivity contribution in [3.8, 4) is 0 Å². The number of ether oxygens (including phenoxy) is 1. The summed E-state index contributed by atoms with van der Waals surface area (Å²) < 4.78 is 12.6. The molecule has 0 aliphatic rings. The van der Waals surface area contributed by atoms with E-state index in [1.165, 1.54) is 6.26 Å². The number of rotatable bonds is 8. The maximum Gasteiger partial charge on any atom is 0.261 e. The number of hydrogen-bond acceptors (Lipinski definition) is 5. The van der Waals surface area contributed by atoms with E-state index in [1.807, 2.05) is 35.8 Å². The second-order valence-corrected chi connectivity index (χ2v) is 5.59. The number of imidazole rings is 1. The van der Waals surface area contributed by atoms with Gasteiger partial charge in [-0.1, -0.05) is 12.1 Å². The Labute approximate surface area is 157 Å². The van der Waals surface area contributed by atoms with Crippen LogP contribution in [0.1, 0.15) is 29.5 Å². The predicted octanol–water partition coefficient (Wildman–Crippen LogP) is 3.19. The minimum absolute atomic E-state index is 0. The van der Waals surface area contributed by atoms with Crippen molar-refractivity contribution >= 4 is 35.3 Å². The summed E-state index contributed by atoms with van der Waals surface area (Å²) in [5, 5.41) is 2.87. The van der Waals surface area contributed by atoms with E-state index in [-0.39, 0.29) is 24.9 Å². The molecule has 0 saturated carbocycles. The maximum atomic E-state index is 12.5. The highest BCUT2D eigenvalue weighted by Gasteiger charge is 2.15. The highest BCUT2D eigenvalue weighted by molar-refractivity contribution is 6.04. The van der Waals surface area contributed by atoms with Gasteiger partial charge in [-0.05, 0) is 31.5 Å². The number of nitrogens with zero attached hydrogens (tertiary/aromatic N) is 2. The molecule has 2 heterocycles. The van der Waals surface area contributed by atoms with Crippen LogP contribution < -0.4 is 11.1 Å². The molecule has 1 amide bonds. The quantitative estimate of drug-likeness (QED) is 0.587. The number of para-hydroxylation sites is 2. The zero-order valence-corrected chi connectivity index (χ0v) is 15.4. The molecule has 0 spiro atoms. The molecule has 2 aromatic heterocycles. The molecule has 26 heavy (non-hydrogen) atoms. The van der Waals surface area contributed by atoms with Crippen molar-refractivity contribution in [1.29, 1.82) is 0 Å². The third-order valence-electron chi connectivity index (χ3n) is 3.87. The lowest BCUT2D eigenvalue weighted by Gasteiger charge is -2.09. The summed E-state index contributed by atoms with van der Waals surface area (Å²) in [7, 11) is 0. The first-order valence-electron chi connectivity index (χ1n) is 8.34. The first kappa shape index (κ1) is 20.0. The Morgan fingerprint density at radius 1 is 1.38 bits per heavy atom. The second-order valence-electron chi connectivity index (χ2n) is 5.59. The van der Waals surface area contributed by atoms with Gasteiger partial charge in [0.15, 0.2) is 0 Å². The van der Waals surface area contributed by atoms with Crippen molar-refractivity contribution < 1.29 is 13.9 Å². The minimum atomic E-state index is -0.273. The lowest BCUT2D eigenvalue weighted by Crippen LogP contribution is -2.16. The fourth-order valence-electron chi connectivity index (χ4n) is 2.65. The molecule has 0 atom stereocenters. The van der Waals surface area contributed by atoms with Gasteiger partial charge in [-0.15, -0.1) is 12.4 Å². The molecule has 0 fully saturated rings. The Hall–Kier alpha value is -2.35. The largest absolute Gasteiger partial charge is 0.467 e. The average molecular weight is 379 g/mol. The summed E-state index contributed by atoms with van der Waals surface area (Å²) in [6, 6.07) is 9.43. The Balaban J connectivity index is 0.00000243. The van der Waals surface area contributed by atoms with Crippen LogP contribution in [0.25, 0.3) is 11.0 Å². The number of hydrogen-bond donors (Lipinski definition) is 2. The van der Waals surface area contributed by atoms with Crippen molar-refractivity contribution in [2.24, 2.45) is 5.73 Å². The topological polar surface area (TPSA) is 95.3 Å². The number of halogens is 1. The van der Waals surface area contributed by atoms with Crippen molar-refractivity contribution in [3.05, 3.63) is 47.9 Å². The van der Waals surface area contributed by atoms with Crippen molar-refractivity contribution in [3.63, 3.8) is 0 Å². The third-order valence-corrected chi connectivity index (χ3v) is 3.87. The van der Waals surface area contributed by atoms with Crippen LogP contribution in [0.3, 0.4) is 0 Å². The fourth-order valence-corrected chi connectivity index (χ4v) is 2.65. The van der Waals surface area contributed by atoms with Gasteiger partial charge in [-0.2, -0.15) is 0 Å². The van der Waals surface area contributed by atoms with E-state index in [2.05, 4.69) is 10.3 Å². The average Bonchev–Trinajstić information content (AvgIpc) is 3.23. The van der Waals surface area contributed by atoms with E-state index in [4.69, 9.17) is 14.9 Å². The molecule has 7 nitrogen and oxygen atoms in total. The van der Waals surface area contributed by atoms with Crippen LogP contribution in [0.2, 0.25) is 0 Å². The first-order valence-corrected chi connectivity index (χ1v) is 8.34. The Morgan fingerprint density at radius 2 is 2.19 bits per heavy atom. The monoisotopic (exact) mass is 378 g/mol. The van der Waals surface area contributed by atoms with Gasteiger partial charge in [0.05, 0.1) is 23.1 Å². The Kier molecular flexibility index (Phi) is 7.20. The van der Waals surface area contributed by atoms with Gasteiger partial charge >= 0.3 is 0 Å². The highest BCUT2D eigenvalue weighted by atomic mass is 35.5. The standard InChI is InChI=1S/C18H22N4O3.ClH/c1-2-24-9-5-8-22-16-7-4-3-6-15(16)20-18(22)21-17(23)13-10-14(11-19)25-12-13;/h3-4,6-7,10,12H,2,5,8-9,11,19H2,1H3,(H,20,21,23);1H. The molecule has 3 aromatic rings. The number of anilines is 1. The molecule has 140 valence electrons. The lowest BCUT2D eigenvalue weighted by molar-refractivity contribution is 0.102. The first-order chi connectivity index (χ1) is 12.2. The van der Waals surface area contributed by atoms with Crippen LogP contribution in [0, 0.1) is 0 Å². The van der Waals surface area contributed by atoms with E-state index >= 15 is 0 Å². The fraction of sp³-hybridized carbons (Fsp3) is 0.333. The number of aromatic nitrogens is 2. The number of benzene rings is 1. The van der Waals surface area contributed by atoms with Crippen LogP contribution in [0.15, 0.2) is 41.0 Å². The molecule has 3 N–H and O–H groups in total. The lowest BCUT2D eigenvalue weighted by atomic mass is 10.3. The minimum Gasteiger partial charge on any atom is -0.467 e. The van der Waals surface area contributed by atoms with Crippen LogP contribution in [0.4, 0.5) is 5.95 Å². The van der Waals surface area contributed by atoms with Gasteiger partial charge < -0.3 is 19.5 Å². The molecular weight excluding hydrogens is 356 g/mol. The number of carbonyl (C=O) groups is 1. The number of furan rings is 1. The van der Waals surface area contributed by atoms with Crippen LogP contribution >= 0.6 is 12.4 Å². The number of aryl methyl sites for hydroxylation is 1. The number of amides is 1. The van der Waals surface area contributed by atoms with Crippen LogP contribution in [0.5, 0.6) is 0 Å². The summed E-state index contributed by atoms with van der Waals surface area (Å²) >= 11 is 0. The maximum absolute atomic E-state index is 12.5. The van der Waals surface area contributed by atoms with Gasteiger partial charge in [0, 0.05) is 19.8 Å². The van der Waals surface area contributed by atoms with Crippen LogP contribution in [-0.4, -0.2) is 28.7 Å². The van der Waals surface area contributed by atoms with Gasteiger partial charge in [0.2, 0.25) is 5.95 Å². The Morgan fingerprint density at radius 3 is 2.92 bits per heavy atom. The molecule has 0 aliphatic carbocycles. The molecule has 0 unspecified atom stereocenters. The van der Waals surface area contributed by atoms with Gasteiger partial charge in [0.1, 0.15) is 12.0 Å². The Bertz CT molecular complexity index is 859. The molecule has 3 rings (SSSR count). The number of nitrogens with two attached hydrogens (primary N) is 1. The van der Waals surface area contributed by atoms with Crippen molar-refractivity contribution in [1.82, 2.24) is 9.55 Å². The summed E-state index contributed by atoms with van der Waals surface area (Å²) in [6.45, 7) is 4.29. The van der Waals surface area contributed by atoms with E-state index in [0.717, 1.165) is 17.5 Å². The molecule has 1 aromatic carbocycles. The van der Waals surface area contributed by atoms with E-state index in [9.17, 15) is 4.79 Å². The van der Waals surface area contributed by atoms with E-state index in [1.54, 1.807) is 6.07 Å². The number of carbonyl (C=O) groups excluding carboxylic acids is 1. The summed E-state index contributed by atoms with van der Waals surface area (Å²) in [5.41, 5.74) is 7.75. The molecule has 0 saturated heterocycles. The van der Waals surface area contributed by atoms with E-state index in [0.29, 0.717) is 37.0 Å². The number of fused-ring (bicyclic) bond motifs is 1. The molecule has 0 radical (unpaired) electrons. The summed E-state index contributed by atoms with van der Waals surface area (Å²) in [5.74, 6) is 0.804. The molecule has 8 heteroatoms. The van der Waals surface area contributed by atoms with Crippen LogP contribution in [-0.2, 0) is 17.8 Å². The van der Waals surface area contributed by atoms with Gasteiger partial charge in [0.25, 0.3) is 5.91 Å². The normalized spacial score (nSPS) is 10.7. The predicted molar refractivity (Wildman–Crippen MR) is 103 cm³/mol. The zero-order chi connectivity index (χ0) is 17.6. The second kappa shape index (κ2) is 9.38.